The van der Waals surface area contributed by atoms with Crippen molar-refractivity contribution < 1.29 is 4.74 Å². The van der Waals surface area contributed by atoms with Crippen LogP contribution in [0.2, 0.25) is 0 Å². The molecule has 1 heterocycles. The van der Waals surface area contributed by atoms with E-state index < -0.39 is 0 Å². The van der Waals surface area contributed by atoms with Crippen LogP contribution in [-0.4, -0.2) is 68.2 Å². The van der Waals surface area contributed by atoms with Gasteiger partial charge >= 0.3 is 0 Å². The largest absolute Gasteiger partial charge is 0.378 e. The summed E-state index contributed by atoms with van der Waals surface area (Å²) in [6.07, 6.45) is 8.06. The third-order valence-corrected chi connectivity index (χ3v) is 4.48. The molecule has 5 heteroatoms. The molecule has 0 unspecified atom stereocenters. The van der Waals surface area contributed by atoms with E-state index in [1.807, 2.05) is 0 Å². The third-order valence-electron chi connectivity index (χ3n) is 4.48. The van der Waals surface area contributed by atoms with Gasteiger partial charge in [0.15, 0.2) is 5.96 Å². The molecular formula is C15H30N4O. The Morgan fingerprint density at radius 2 is 1.95 bits per heavy atom. The first-order valence-corrected chi connectivity index (χ1v) is 8.10. The molecule has 5 nitrogen and oxygen atoms in total. The van der Waals surface area contributed by atoms with Gasteiger partial charge in [-0.1, -0.05) is 19.3 Å². The van der Waals surface area contributed by atoms with Crippen LogP contribution in [0.5, 0.6) is 0 Å². The lowest BCUT2D eigenvalue weighted by Crippen LogP contribution is -2.44. The molecule has 20 heavy (non-hydrogen) atoms. The van der Waals surface area contributed by atoms with Crippen LogP contribution in [0.15, 0.2) is 4.99 Å². The summed E-state index contributed by atoms with van der Waals surface area (Å²) in [5.74, 6) is 0.689. The van der Waals surface area contributed by atoms with Gasteiger partial charge in [0.2, 0.25) is 0 Å². The summed E-state index contributed by atoms with van der Waals surface area (Å²) in [7, 11) is 2.25. The van der Waals surface area contributed by atoms with Crippen molar-refractivity contribution in [1.29, 1.82) is 0 Å². The number of aliphatic imine (C=N–C) groups is 1. The van der Waals surface area contributed by atoms with Crippen molar-refractivity contribution in [2.24, 2.45) is 10.7 Å². The summed E-state index contributed by atoms with van der Waals surface area (Å²) in [5.41, 5.74) is 6.01. The summed E-state index contributed by atoms with van der Waals surface area (Å²) in [5, 5.41) is 0. The van der Waals surface area contributed by atoms with Crippen LogP contribution < -0.4 is 5.73 Å². The second-order valence-corrected chi connectivity index (χ2v) is 5.97. The van der Waals surface area contributed by atoms with Gasteiger partial charge in [0, 0.05) is 25.7 Å². The third kappa shape index (κ3) is 4.94. The minimum atomic E-state index is 0.689. The molecule has 0 amide bonds. The van der Waals surface area contributed by atoms with Crippen LogP contribution in [-0.2, 0) is 4.74 Å². The summed E-state index contributed by atoms with van der Waals surface area (Å²) in [4.78, 5) is 9.14. The number of nitrogens with two attached hydrogens (primary N) is 1. The molecule has 0 aromatic heterocycles. The van der Waals surface area contributed by atoms with E-state index >= 15 is 0 Å². The van der Waals surface area contributed by atoms with Gasteiger partial charge in [-0.15, -0.1) is 0 Å². The highest BCUT2D eigenvalue weighted by Crippen LogP contribution is 2.21. The van der Waals surface area contributed by atoms with Crippen molar-refractivity contribution in [3.63, 3.8) is 0 Å². The average Bonchev–Trinajstić information content (AvgIpc) is 2.53. The zero-order valence-electron chi connectivity index (χ0n) is 12.9. The van der Waals surface area contributed by atoms with Gasteiger partial charge in [-0.3, -0.25) is 4.99 Å². The van der Waals surface area contributed by atoms with Crippen molar-refractivity contribution in [1.82, 2.24) is 9.80 Å². The quantitative estimate of drug-likeness (QED) is 0.469. The topological polar surface area (TPSA) is 54.1 Å². The Morgan fingerprint density at radius 3 is 2.65 bits per heavy atom. The van der Waals surface area contributed by atoms with Gasteiger partial charge < -0.3 is 20.3 Å². The second kappa shape index (κ2) is 8.47. The molecule has 1 saturated carbocycles. The average molecular weight is 282 g/mol. The van der Waals surface area contributed by atoms with Crippen LogP contribution >= 0.6 is 0 Å². The zero-order chi connectivity index (χ0) is 14.2. The lowest BCUT2D eigenvalue weighted by molar-refractivity contribution is 0.0674. The van der Waals surface area contributed by atoms with E-state index in [4.69, 9.17) is 10.5 Å². The second-order valence-electron chi connectivity index (χ2n) is 5.97. The van der Waals surface area contributed by atoms with Gasteiger partial charge in [0.1, 0.15) is 0 Å². The predicted octanol–water partition coefficient (Wildman–Crippen LogP) is 1.29. The molecule has 0 aromatic rings. The molecule has 0 radical (unpaired) electrons. The SMILES string of the molecule is CN(CCCN=C(N)N1CCOCC1)C1CCCCC1. The van der Waals surface area contributed by atoms with E-state index in [1.165, 1.54) is 32.1 Å². The molecule has 0 atom stereocenters. The van der Waals surface area contributed by atoms with Crippen LogP contribution in [0.1, 0.15) is 38.5 Å². The summed E-state index contributed by atoms with van der Waals surface area (Å²) in [6, 6.07) is 0.796. The smallest absolute Gasteiger partial charge is 0.191 e. The molecule has 1 aliphatic carbocycles. The Kier molecular flexibility index (Phi) is 6.60. The molecule has 2 N–H and O–H groups in total. The molecule has 0 bridgehead atoms. The molecule has 116 valence electrons. The van der Waals surface area contributed by atoms with Crippen LogP contribution in [0, 0.1) is 0 Å². The number of rotatable bonds is 5. The highest BCUT2D eigenvalue weighted by molar-refractivity contribution is 5.78. The lowest BCUT2D eigenvalue weighted by Gasteiger charge is -2.31. The highest BCUT2D eigenvalue weighted by Gasteiger charge is 2.17. The number of hydrogen-bond donors (Lipinski definition) is 1. The molecule has 0 aromatic carbocycles. The first kappa shape index (κ1) is 15.6. The standard InChI is InChI=1S/C15H30N4O/c1-18(14-6-3-2-4-7-14)9-5-8-17-15(16)19-10-12-20-13-11-19/h14H,2-13H2,1H3,(H2,16,17). The number of guanidine groups is 1. The molecular weight excluding hydrogens is 252 g/mol. The van der Waals surface area contributed by atoms with Gasteiger partial charge in [-0.2, -0.15) is 0 Å². The molecule has 1 aliphatic heterocycles. The van der Waals surface area contributed by atoms with E-state index in [-0.39, 0.29) is 0 Å². The van der Waals surface area contributed by atoms with E-state index in [1.54, 1.807) is 0 Å². The fourth-order valence-corrected chi connectivity index (χ4v) is 3.11. The maximum Gasteiger partial charge on any atom is 0.191 e. The normalized spacial score (nSPS) is 22.5. The van der Waals surface area contributed by atoms with Gasteiger partial charge in [0.05, 0.1) is 13.2 Å². The minimum absolute atomic E-state index is 0.689. The summed E-state index contributed by atoms with van der Waals surface area (Å²) < 4.78 is 5.32. The minimum Gasteiger partial charge on any atom is -0.378 e. The Bertz CT molecular complexity index is 296. The molecule has 2 aliphatic rings. The van der Waals surface area contributed by atoms with Crippen molar-refractivity contribution in [2.75, 3.05) is 46.4 Å². The van der Waals surface area contributed by atoms with E-state index in [0.717, 1.165) is 51.9 Å². The summed E-state index contributed by atoms with van der Waals surface area (Å²) in [6.45, 7) is 5.24. The Labute approximate surface area is 123 Å². The van der Waals surface area contributed by atoms with Crippen LogP contribution in [0.4, 0.5) is 0 Å². The number of ether oxygens (including phenoxy) is 1. The fourth-order valence-electron chi connectivity index (χ4n) is 3.11. The first-order valence-electron chi connectivity index (χ1n) is 8.10. The fraction of sp³-hybridized carbons (Fsp3) is 0.933. The lowest BCUT2D eigenvalue weighted by atomic mass is 9.94. The van der Waals surface area contributed by atoms with Crippen molar-refractivity contribution in [3.05, 3.63) is 0 Å². The van der Waals surface area contributed by atoms with Gasteiger partial charge in [0.25, 0.3) is 0 Å². The maximum absolute atomic E-state index is 6.01. The Hall–Kier alpha value is -0.810. The predicted molar refractivity (Wildman–Crippen MR) is 83.0 cm³/mol. The van der Waals surface area contributed by atoms with Crippen LogP contribution in [0.25, 0.3) is 0 Å². The first-order chi connectivity index (χ1) is 9.77. The Morgan fingerprint density at radius 1 is 1.25 bits per heavy atom. The van der Waals surface area contributed by atoms with Crippen LogP contribution in [0.3, 0.4) is 0 Å². The Balaban J connectivity index is 1.62. The van der Waals surface area contributed by atoms with E-state index in [2.05, 4.69) is 21.8 Å². The van der Waals surface area contributed by atoms with E-state index in [0.29, 0.717) is 5.96 Å². The molecule has 0 spiro atoms. The van der Waals surface area contributed by atoms with Gasteiger partial charge in [-0.25, -0.2) is 0 Å². The molecule has 2 fully saturated rings. The number of morpholine rings is 1. The van der Waals surface area contributed by atoms with Gasteiger partial charge in [-0.05, 0) is 32.9 Å². The monoisotopic (exact) mass is 282 g/mol. The molecule has 1 saturated heterocycles. The maximum atomic E-state index is 6.01. The zero-order valence-corrected chi connectivity index (χ0v) is 12.9. The summed E-state index contributed by atoms with van der Waals surface area (Å²) >= 11 is 0. The van der Waals surface area contributed by atoms with Crippen molar-refractivity contribution in [3.8, 4) is 0 Å². The van der Waals surface area contributed by atoms with Crippen molar-refractivity contribution in [2.45, 2.75) is 44.6 Å². The van der Waals surface area contributed by atoms with E-state index in [9.17, 15) is 0 Å². The highest BCUT2D eigenvalue weighted by atomic mass is 16.5. The number of nitrogens with zero attached hydrogens (tertiary/aromatic N) is 3. The van der Waals surface area contributed by atoms with Crippen molar-refractivity contribution >= 4 is 5.96 Å². The molecule has 2 rings (SSSR count). The number of hydrogen-bond acceptors (Lipinski definition) is 3.